The lowest BCUT2D eigenvalue weighted by Gasteiger charge is -2.26. The van der Waals surface area contributed by atoms with Gasteiger partial charge in [-0.25, -0.2) is 0 Å². The Morgan fingerprint density at radius 3 is 0.989 bits per heavy atom. The molecule has 0 aliphatic heterocycles. The Bertz CT molecular complexity index is 1800. The molecule has 0 aromatic heterocycles. The number of carboxylic acid groups (broad SMARTS) is 1. The number of unbranched alkanes of at least 4 members (excludes halogenated alkanes) is 33. The van der Waals surface area contributed by atoms with Crippen LogP contribution in [0.25, 0.3) is 0 Å². The number of allylic oxidation sites excluding steroid dienone is 18. The number of likely N-dealkylation sites (N-methyl/N-ethyl adjacent to an activating group) is 1. The molecule has 9 heteroatoms. The molecule has 0 saturated heterocycles. The molecule has 0 saturated carbocycles. The van der Waals surface area contributed by atoms with Gasteiger partial charge in [0.25, 0.3) is 0 Å². The lowest BCUT2D eigenvalue weighted by atomic mass is 10.0. The van der Waals surface area contributed by atoms with Gasteiger partial charge in [-0.3, -0.25) is 9.59 Å². The molecule has 0 aliphatic rings. The third-order valence-corrected chi connectivity index (χ3v) is 15.5. The van der Waals surface area contributed by atoms with Gasteiger partial charge in [-0.2, -0.15) is 0 Å². The molecule has 500 valence electrons. The predicted octanol–water partition coefficient (Wildman–Crippen LogP) is 21.2. The second-order valence-electron chi connectivity index (χ2n) is 25.1. The summed E-state index contributed by atoms with van der Waals surface area (Å²) < 4.78 is 22.8. The van der Waals surface area contributed by atoms with E-state index in [9.17, 15) is 19.5 Å². The highest BCUT2D eigenvalue weighted by Gasteiger charge is 2.22. The average molecular weight is 1210 g/mol. The van der Waals surface area contributed by atoms with Gasteiger partial charge < -0.3 is 33.3 Å². The van der Waals surface area contributed by atoms with Gasteiger partial charge >= 0.3 is 11.9 Å². The van der Waals surface area contributed by atoms with Crippen LogP contribution in [-0.4, -0.2) is 82.3 Å². The molecule has 2 unspecified atom stereocenters. The zero-order chi connectivity index (χ0) is 63.3. The Labute approximate surface area is 536 Å². The summed E-state index contributed by atoms with van der Waals surface area (Å²) >= 11 is 0. The van der Waals surface area contributed by atoms with Crippen molar-refractivity contribution in [2.24, 2.45) is 0 Å². The van der Waals surface area contributed by atoms with Crippen molar-refractivity contribution in [2.45, 2.75) is 322 Å². The Hall–Kier alpha value is -4.05. The molecule has 0 aliphatic carbocycles. The van der Waals surface area contributed by atoms with Gasteiger partial charge in [-0.05, 0) is 103 Å². The van der Waals surface area contributed by atoms with Crippen molar-refractivity contribution in [2.75, 3.05) is 47.5 Å². The zero-order valence-electron chi connectivity index (χ0n) is 57.1. The lowest BCUT2D eigenvalue weighted by molar-refractivity contribution is -0.870. The molecule has 0 aromatic carbocycles. The van der Waals surface area contributed by atoms with Gasteiger partial charge in [-0.1, -0.05) is 303 Å². The van der Waals surface area contributed by atoms with Crippen molar-refractivity contribution in [3.8, 4) is 0 Å². The van der Waals surface area contributed by atoms with Crippen LogP contribution >= 0.6 is 0 Å². The molecular weight excluding hydrogens is 1080 g/mol. The fourth-order valence-electron chi connectivity index (χ4n) is 10.0. The van der Waals surface area contributed by atoms with Crippen LogP contribution in [0.3, 0.4) is 0 Å². The number of carbonyl (C=O) groups excluding carboxylic acids is 3. The van der Waals surface area contributed by atoms with Gasteiger partial charge in [0.05, 0.1) is 40.3 Å². The molecule has 87 heavy (non-hydrogen) atoms. The smallest absolute Gasteiger partial charge is 0.306 e. The van der Waals surface area contributed by atoms with Crippen molar-refractivity contribution in [3.63, 3.8) is 0 Å². The number of carboxylic acids is 1. The minimum absolute atomic E-state index is 0.143. The van der Waals surface area contributed by atoms with Crippen LogP contribution in [0.15, 0.2) is 109 Å². The SMILES string of the molecule is CC/C=C\C/C=C\C/C=C\C/C=C\C/C=C\C/C=C\C/C=C\C/C=C\CCCCCCCCCCCCC(=O)OC(COC(=O)CCCCCCCCCCCCCCCCC/C=C\CCCCCCCCCC)COC(OCC[N+](C)(C)C)C(=O)[O-]. The number of ether oxygens (including phenoxy) is 4. The van der Waals surface area contributed by atoms with Crippen LogP contribution in [0.1, 0.15) is 309 Å². The van der Waals surface area contributed by atoms with Gasteiger partial charge in [0.2, 0.25) is 0 Å². The molecule has 0 aromatic rings. The summed E-state index contributed by atoms with van der Waals surface area (Å²) in [5, 5.41) is 11.8. The molecule has 0 heterocycles. The van der Waals surface area contributed by atoms with E-state index in [0.717, 1.165) is 96.3 Å². The summed E-state index contributed by atoms with van der Waals surface area (Å²) in [4.78, 5) is 37.5. The van der Waals surface area contributed by atoms with Crippen LogP contribution < -0.4 is 5.11 Å². The van der Waals surface area contributed by atoms with E-state index in [4.69, 9.17) is 18.9 Å². The molecule has 0 fully saturated rings. The molecule has 0 spiro atoms. The number of hydrogen-bond acceptors (Lipinski definition) is 8. The van der Waals surface area contributed by atoms with E-state index in [-0.39, 0.29) is 38.6 Å². The molecule has 9 nitrogen and oxygen atoms in total. The van der Waals surface area contributed by atoms with E-state index in [1.165, 1.54) is 180 Å². The van der Waals surface area contributed by atoms with Gasteiger partial charge in [0.1, 0.15) is 13.2 Å². The summed E-state index contributed by atoms with van der Waals surface area (Å²) in [6.45, 7) is 4.66. The van der Waals surface area contributed by atoms with E-state index < -0.39 is 24.3 Å². The highest BCUT2D eigenvalue weighted by Crippen LogP contribution is 2.17. The first-order chi connectivity index (χ1) is 42.6. The highest BCUT2D eigenvalue weighted by molar-refractivity contribution is 5.70. The molecule has 2 atom stereocenters. The quantitative estimate of drug-likeness (QED) is 0.0195. The number of quaternary nitrogens is 1. The summed E-state index contributed by atoms with van der Waals surface area (Å²) in [7, 11) is 5.93. The number of carbonyl (C=O) groups is 3. The van der Waals surface area contributed by atoms with Gasteiger partial charge in [-0.15, -0.1) is 0 Å². The second kappa shape index (κ2) is 67.9. The number of aliphatic carboxylic acids is 1. The fraction of sp³-hybridized carbons (Fsp3) is 0.731. The maximum Gasteiger partial charge on any atom is 0.306 e. The van der Waals surface area contributed by atoms with Crippen LogP contribution in [0, 0.1) is 0 Å². The van der Waals surface area contributed by atoms with E-state index >= 15 is 0 Å². The monoisotopic (exact) mass is 1210 g/mol. The van der Waals surface area contributed by atoms with E-state index in [2.05, 4.69) is 123 Å². The predicted molar refractivity (Wildman–Crippen MR) is 370 cm³/mol. The number of esters is 2. The first-order valence-electron chi connectivity index (χ1n) is 36.0. The first-order valence-corrected chi connectivity index (χ1v) is 36.0. The Kier molecular flexibility index (Phi) is 64.7. The van der Waals surface area contributed by atoms with Gasteiger partial charge in [0, 0.05) is 12.8 Å². The minimum atomic E-state index is -1.63. The van der Waals surface area contributed by atoms with Crippen molar-refractivity contribution in [1.82, 2.24) is 0 Å². The highest BCUT2D eigenvalue weighted by atomic mass is 16.7. The van der Waals surface area contributed by atoms with E-state index in [1.54, 1.807) is 0 Å². The number of rotatable bonds is 66. The van der Waals surface area contributed by atoms with Crippen molar-refractivity contribution < 1.29 is 42.9 Å². The summed E-state index contributed by atoms with van der Waals surface area (Å²) in [5.74, 6) is -2.28. The van der Waals surface area contributed by atoms with Crippen molar-refractivity contribution in [3.05, 3.63) is 109 Å². The zero-order valence-corrected chi connectivity index (χ0v) is 57.1. The standard InChI is InChI=1S/C78H135NO8/c1-6-8-10-12-14-16-18-20-22-24-26-28-30-32-34-35-36-37-38-39-40-41-43-45-47-49-51-53-55-57-59-61-63-65-67-69-76(81)87-74(73-86-78(77(82)83)84-71-70-79(3,4)5)72-85-75(80)68-66-64-62-60-58-56-54-52-50-48-46-44-42-33-31-29-27-25-23-21-19-17-15-13-11-9-7-2/h8,10,14,16,20,22,25-28,32,34,36-37,39-40,43,45,74,78H,6-7,9,11-13,15,17-19,21,23-24,29-31,33,35,38,41-42,44,46-73H2,1-5H3/b10-8-,16-14-,22-20-,27-25-,28-26-,34-32-,37-36-,40-39-,45-43-. The largest absolute Gasteiger partial charge is 0.545 e. The number of hydrogen-bond donors (Lipinski definition) is 0. The third kappa shape index (κ3) is 69.3. The minimum Gasteiger partial charge on any atom is -0.545 e. The van der Waals surface area contributed by atoms with E-state index in [0.29, 0.717) is 17.4 Å². The summed E-state index contributed by atoms with van der Waals surface area (Å²) in [6, 6.07) is 0. The summed E-state index contributed by atoms with van der Waals surface area (Å²) in [5.41, 5.74) is 0. The van der Waals surface area contributed by atoms with Crippen molar-refractivity contribution >= 4 is 17.9 Å². The molecule has 0 radical (unpaired) electrons. The normalized spacial score (nSPS) is 13.3. The maximum absolute atomic E-state index is 12.9. The average Bonchev–Trinajstić information content (AvgIpc) is 3.56. The Balaban J connectivity index is 4.14. The van der Waals surface area contributed by atoms with Crippen LogP contribution in [-0.2, 0) is 33.3 Å². The lowest BCUT2D eigenvalue weighted by Crippen LogP contribution is -2.44. The van der Waals surface area contributed by atoms with Crippen LogP contribution in [0.2, 0.25) is 0 Å². The Morgan fingerprint density at radius 1 is 0.356 bits per heavy atom. The maximum atomic E-state index is 12.9. The topological polar surface area (TPSA) is 111 Å². The molecule has 0 rings (SSSR count). The van der Waals surface area contributed by atoms with Crippen LogP contribution in [0.5, 0.6) is 0 Å². The van der Waals surface area contributed by atoms with Crippen molar-refractivity contribution in [1.29, 1.82) is 0 Å². The summed E-state index contributed by atoms with van der Waals surface area (Å²) in [6.07, 6.45) is 91.7. The van der Waals surface area contributed by atoms with Gasteiger partial charge in [0.15, 0.2) is 12.4 Å². The number of nitrogens with zero attached hydrogens (tertiary/aromatic N) is 1. The first kappa shape index (κ1) is 83.0. The Morgan fingerprint density at radius 2 is 0.655 bits per heavy atom. The fourth-order valence-corrected chi connectivity index (χ4v) is 10.0. The molecule has 0 amide bonds. The molecule has 0 N–H and O–H groups in total. The second-order valence-corrected chi connectivity index (χ2v) is 25.1. The third-order valence-electron chi connectivity index (χ3n) is 15.5. The molecular formula is C78H135NO8. The van der Waals surface area contributed by atoms with Crippen LogP contribution in [0.4, 0.5) is 0 Å². The molecule has 0 bridgehead atoms. The van der Waals surface area contributed by atoms with E-state index in [1.807, 2.05) is 21.1 Å².